The number of nitro benzene ring substituents is 1. The van der Waals surface area contributed by atoms with Gasteiger partial charge in [0.15, 0.2) is 5.75 Å². The smallest absolute Gasteiger partial charge is 0.311 e. The molecule has 5 nitrogen and oxygen atoms in total. The minimum absolute atomic E-state index is 0.00469. The fraction of sp³-hybridized carbons (Fsp3) is 0.571. The second-order valence-electron chi connectivity index (χ2n) is 5.26. The third-order valence-corrected chi connectivity index (χ3v) is 3.68. The van der Waals surface area contributed by atoms with Crippen LogP contribution in [-0.2, 0) is 0 Å². The molecule has 0 aliphatic heterocycles. The van der Waals surface area contributed by atoms with Crippen LogP contribution in [0, 0.1) is 16.0 Å². The minimum Gasteiger partial charge on any atom is -0.490 e. The molecule has 0 heterocycles. The number of nitrogens with zero attached hydrogens (tertiary/aromatic N) is 1. The minimum atomic E-state index is -0.425. The van der Waals surface area contributed by atoms with Gasteiger partial charge in [-0.05, 0) is 24.8 Å². The van der Waals surface area contributed by atoms with Crippen molar-refractivity contribution < 1.29 is 9.66 Å². The highest BCUT2D eigenvalue weighted by Gasteiger charge is 2.20. The van der Waals surface area contributed by atoms with Crippen molar-refractivity contribution in [3.63, 3.8) is 0 Å². The molecule has 2 unspecified atom stereocenters. The first-order valence-corrected chi connectivity index (χ1v) is 6.69. The Morgan fingerprint density at radius 2 is 2.21 bits per heavy atom. The summed E-state index contributed by atoms with van der Waals surface area (Å²) >= 11 is 0. The zero-order valence-electron chi connectivity index (χ0n) is 11.4. The van der Waals surface area contributed by atoms with E-state index < -0.39 is 4.92 Å². The summed E-state index contributed by atoms with van der Waals surface area (Å²) in [4.78, 5) is 10.4. The summed E-state index contributed by atoms with van der Waals surface area (Å²) in [6.07, 6.45) is 4.84. The fourth-order valence-corrected chi connectivity index (χ4v) is 2.72. The lowest BCUT2D eigenvalue weighted by Crippen LogP contribution is -2.26. The molecule has 1 aliphatic rings. The van der Waals surface area contributed by atoms with E-state index in [1.807, 2.05) is 0 Å². The third kappa shape index (κ3) is 3.36. The summed E-state index contributed by atoms with van der Waals surface area (Å²) in [5, 5.41) is 14.3. The molecule has 1 saturated carbocycles. The Kier molecular flexibility index (Phi) is 4.24. The Balaban J connectivity index is 2.10. The van der Waals surface area contributed by atoms with Crippen molar-refractivity contribution >= 4 is 11.4 Å². The average Bonchev–Trinajstić information content (AvgIpc) is 2.38. The Bertz CT molecular complexity index is 462. The Labute approximate surface area is 113 Å². The van der Waals surface area contributed by atoms with Crippen molar-refractivity contribution in [3.8, 4) is 5.75 Å². The molecule has 0 radical (unpaired) electrons. The SMILES string of the molecule is COc1cc(NC2CCCC(C)C2)ccc1[N+](=O)[O-]. The standard InChI is InChI=1S/C14H20N2O3/c1-10-4-3-5-11(8-10)15-12-6-7-13(16(17)18)14(9-12)19-2/h6-7,9-11,15H,3-5,8H2,1-2H3. The summed E-state index contributed by atoms with van der Waals surface area (Å²) < 4.78 is 5.08. The van der Waals surface area contributed by atoms with Gasteiger partial charge in [-0.2, -0.15) is 0 Å². The van der Waals surface area contributed by atoms with Crippen LogP contribution in [0.15, 0.2) is 18.2 Å². The molecule has 104 valence electrons. The lowest BCUT2D eigenvalue weighted by atomic mass is 9.87. The van der Waals surface area contributed by atoms with Gasteiger partial charge < -0.3 is 10.1 Å². The molecule has 0 aromatic heterocycles. The van der Waals surface area contributed by atoms with E-state index in [2.05, 4.69) is 12.2 Å². The van der Waals surface area contributed by atoms with Crippen molar-refractivity contribution in [3.05, 3.63) is 28.3 Å². The van der Waals surface area contributed by atoms with Gasteiger partial charge in [-0.15, -0.1) is 0 Å². The van der Waals surface area contributed by atoms with Gasteiger partial charge in [-0.3, -0.25) is 10.1 Å². The van der Waals surface area contributed by atoms with Gasteiger partial charge in [0.2, 0.25) is 0 Å². The highest BCUT2D eigenvalue weighted by molar-refractivity contribution is 5.58. The molecular formula is C14H20N2O3. The van der Waals surface area contributed by atoms with E-state index in [4.69, 9.17) is 4.74 Å². The largest absolute Gasteiger partial charge is 0.490 e. The highest BCUT2D eigenvalue weighted by Crippen LogP contribution is 2.32. The molecule has 1 N–H and O–H groups in total. The van der Waals surface area contributed by atoms with Crippen LogP contribution >= 0.6 is 0 Å². The molecule has 1 aliphatic carbocycles. The van der Waals surface area contributed by atoms with Crippen molar-refractivity contribution in [2.24, 2.45) is 5.92 Å². The predicted octanol–water partition coefficient (Wildman–Crippen LogP) is 3.59. The summed E-state index contributed by atoms with van der Waals surface area (Å²) in [6.45, 7) is 2.27. The highest BCUT2D eigenvalue weighted by atomic mass is 16.6. The summed E-state index contributed by atoms with van der Waals surface area (Å²) in [6, 6.07) is 5.40. The van der Waals surface area contributed by atoms with Crippen LogP contribution < -0.4 is 10.1 Å². The molecular weight excluding hydrogens is 244 g/mol. The van der Waals surface area contributed by atoms with Crippen LogP contribution in [0.4, 0.5) is 11.4 Å². The van der Waals surface area contributed by atoms with Crippen molar-refractivity contribution in [1.29, 1.82) is 0 Å². The monoisotopic (exact) mass is 264 g/mol. The quantitative estimate of drug-likeness (QED) is 0.666. The van der Waals surface area contributed by atoms with E-state index in [-0.39, 0.29) is 5.69 Å². The number of ether oxygens (including phenoxy) is 1. The number of anilines is 1. The lowest BCUT2D eigenvalue weighted by molar-refractivity contribution is -0.385. The Morgan fingerprint density at radius 3 is 2.84 bits per heavy atom. The van der Waals surface area contributed by atoms with Crippen molar-refractivity contribution in [2.45, 2.75) is 38.6 Å². The molecule has 19 heavy (non-hydrogen) atoms. The van der Waals surface area contributed by atoms with E-state index in [0.29, 0.717) is 11.8 Å². The maximum absolute atomic E-state index is 10.8. The van der Waals surface area contributed by atoms with Crippen LogP contribution in [0.2, 0.25) is 0 Å². The second-order valence-corrected chi connectivity index (χ2v) is 5.26. The van der Waals surface area contributed by atoms with E-state index in [0.717, 1.165) is 24.4 Å². The summed E-state index contributed by atoms with van der Waals surface area (Å²) in [5.41, 5.74) is 0.895. The van der Waals surface area contributed by atoms with Gasteiger partial charge >= 0.3 is 5.69 Å². The van der Waals surface area contributed by atoms with Crippen molar-refractivity contribution in [1.82, 2.24) is 0 Å². The molecule has 0 bridgehead atoms. The van der Waals surface area contributed by atoms with Crippen LogP contribution in [0.1, 0.15) is 32.6 Å². The molecule has 2 atom stereocenters. The van der Waals surface area contributed by atoms with Gasteiger partial charge in [-0.25, -0.2) is 0 Å². The number of hydrogen-bond acceptors (Lipinski definition) is 4. The normalized spacial score (nSPS) is 22.8. The van der Waals surface area contributed by atoms with E-state index in [1.54, 1.807) is 12.1 Å². The van der Waals surface area contributed by atoms with Gasteiger partial charge in [0, 0.05) is 23.9 Å². The van der Waals surface area contributed by atoms with Crippen LogP contribution in [0.3, 0.4) is 0 Å². The van der Waals surface area contributed by atoms with E-state index >= 15 is 0 Å². The Hall–Kier alpha value is -1.78. The molecule has 5 heteroatoms. The van der Waals surface area contributed by atoms with Crippen LogP contribution in [0.25, 0.3) is 0 Å². The van der Waals surface area contributed by atoms with Crippen molar-refractivity contribution in [2.75, 3.05) is 12.4 Å². The molecule has 0 saturated heterocycles. The number of rotatable bonds is 4. The Morgan fingerprint density at radius 1 is 1.42 bits per heavy atom. The first-order chi connectivity index (χ1) is 9.10. The number of methoxy groups -OCH3 is 1. The van der Waals surface area contributed by atoms with E-state index in [9.17, 15) is 10.1 Å². The topological polar surface area (TPSA) is 64.4 Å². The van der Waals surface area contributed by atoms with E-state index in [1.165, 1.54) is 26.0 Å². The number of hydrogen-bond donors (Lipinski definition) is 1. The lowest BCUT2D eigenvalue weighted by Gasteiger charge is -2.28. The predicted molar refractivity (Wildman–Crippen MR) is 74.7 cm³/mol. The molecule has 0 spiro atoms. The first kappa shape index (κ1) is 13.6. The summed E-state index contributed by atoms with van der Waals surface area (Å²) in [5.74, 6) is 1.05. The van der Waals surface area contributed by atoms with Crippen LogP contribution in [-0.4, -0.2) is 18.1 Å². The second kappa shape index (κ2) is 5.91. The zero-order valence-corrected chi connectivity index (χ0v) is 11.4. The van der Waals surface area contributed by atoms with Crippen LogP contribution in [0.5, 0.6) is 5.75 Å². The maximum atomic E-state index is 10.8. The van der Waals surface area contributed by atoms with Gasteiger partial charge in [-0.1, -0.05) is 19.8 Å². The third-order valence-electron chi connectivity index (χ3n) is 3.68. The molecule has 1 aromatic carbocycles. The number of benzene rings is 1. The van der Waals surface area contributed by atoms with Gasteiger partial charge in [0.25, 0.3) is 0 Å². The fourth-order valence-electron chi connectivity index (χ4n) is 2.72. The summed E-state index contributed by atoms with van der Waals surface area (Å²) in [7, 11) is 1.45. The van der Waals surface area contributed by atoms with Gasteiger partial charge in [0.1, 0.15) is 0 Å². The average molecular weight is 264 g/mol. The van der Waals surface area contributed by atoms with Gasteiger partial charge in [0.05, 0.1) is 12.0 Å². The first-order valence-electron chi connectivity index (χ1n) is 6.69. The molecule has 1 aromatic rings. The zero-order chi connectivity index (χ0) is 13.8. The maximum Gasteiger partial charge on any atom is 0.311 e. The number of nitrogens with one attached hydrogen (secondary N) is 1. The molecule has 2 rings (SSSR count). The number of nitro groups is 1. The molecule has 1 fully saturated rings. The molecule has 0 amide bonds.